The fraction of sp³-hybridized carbons (Fsp3) is 0.296. The Morgan fingerprint density at radius 2 is 1.82 bits per heavy atom. The maximum atomic E-state index is 13.6. The van der Waals surface area contributed by atoms with E-state index in [9.17, 15) is 9.59 Å². The van der Waals surface area contributed by atoms with Crippen LogP contribution in [0.4, 0.5) is 11.4 Å². The second-order valence-corrected chi connectivity index (χ2v) is 8.99. The average molecular weight is 456 g/mol. The van der Waals surface area contributed by atoms with E-state index in [4.69, 9.17) is 4.74 Å². The molecule has 0 amide bonds. The van der Waals surface area contributed by atoms with Gasteiger partial charge in [-0.15, -0.1) is 0 Å². The molecule has 2 heterocycles. The van der Waals surface area contributed by atoms with Gasteiger partial charge in [-0.2, -0.15) is 0 Å². The lowest BCUT2D eigenvalue weighted by molar-refractivity contribution is -0.362. The molecule has 1 saturated heterocycles. The molecule has 2 aliphatic heterocycles. The molecular formula is C27H27N4O3+. The van der Waals surface area contributed by atoms with E-state index in [2.05, 4.69) is 20.5 Å². The highest BCUT2D eigenvalue weighted by atomic mass is 16.5. The molecule has 4 aliphatic rings. The van der Waals surface area contributed by atoms with E-state index in [1.165, 1.54) is 0 Å². The van der Waals surface area contributed by atoms with Crippen LogP contribution in [-0.2, 0) is 0 Å². The second kappa shape index (κ2) is 8.66. The Balaban J connectivity index is 1.37. The molecule has 172 valence electrons. The number of benzene rings is 2. The molecule has 0 saturated carbocycles. The summed E-state index contributed by atoms with van der Waals surface area (Å²) in [5.74, 6) is 0.291. The second-order valence-electron chi connectivity index (χ2n) is 8.99. The molecule has 2 aromatic carbocycles. The summed E-state index contributed by atoms with van der Waals surface area (Å²) in [6.07, 6.45) is 8.48. The Morgan fingerprint density at radius 3 is 2.62 bits per heavy atom. The summed E-state index contributed by atoms with van der Waals surface area (Å²) in [5, 5.41) is 6.83. The predicted molar refractivity (Wildman–Crippen MR) is 130 cm³/mol. The van der Waals surface area contributed by atoms with Crippen molar-refractivity contribution < 1.29 is 19.3 Å². The number of nitrogens with zero attached hydrogens (tertiary/aromatic N) is 1. The molecule has 6 rings (SSSR count). The number of ketones is 2. The maximum Gasteiger partial charge on any atom is 0.258 e. The van der Waals surface area contributed by atoms with Gasteiger partial charge in [-0.05, 0) is 19.0 Å². The molecule has 0 bridgehead atoms. The van der Waals surface area contributed by atoms with E-state index in [1.807, 2.05) is 30.4 Å². The molecule has 2 aromatic rings. The minimum absolute atomic E-state index is 0.134. The van der Waals surface area contributed by atoms with Crippen LogP contribution < -0.4 is 20.4 Å². The Morgan fingerprint density at radius 1 is 1.06 bits per heavy atom. The molecule has 2 aliphatic carbocycles. The third-order valence-corrected chi connectivity index (χ3v) is 6.84. The molecule has 1 unspecified atom stereocenters. The van der Waals surface area contributed by atoms with Crippen molar-refractivity contribution in [1.29, 1.82) is 0 Å². The first-order chi connectivity index (χ1) is 16.7. The lowest BCUT2D eigenvalue weighted by atomic mass is 9.81. The van der Waals surface area contributed by atoms with Gasteiger partial charge in [0.05, 0.1) is 11.3 Å². The molecule has 34 heavy (non-hydrogen) atoms. The number of carbonyl (C=O) groups excluding carboxylic acids is 2. The van der Waals surface area contributed by atoms with Gasteiger partial charge in [0.2, 0.25) is 17.6 Å². The van der Waals surface area contributed by atoms with E-state index in [0.717, 1.165) is 44.9 Å². The summed E-state index contributed by atoms with van der Waals surface area (Å²) in [7, 11) is 0. The van der Waals surface area contributed by atoms with Crippen LogP contribution in [0.3, 0.4) is 0 Å². The first-order valence-electron chi connectivity index (χ1n) is 11.9. The first-order valence-corrected chi connectivity index (χ1v) is 11.9. The van der Waals surface area contributed by atoms with Crippen molar-refractivity contribution in [3.63, 3.8) is 0 Å². The number of ether oxygens (including phenoxy) is 1. The largest absolute Gasteiger partial charge is 0.468 e. The minimum atomic E-state index is -0.238. The molecule has 3 N–H and O–H groups in total. The summed E-state index contributed by atoms with van der Waals surface area (Å²) in [6.45, 7) is 5.85. The van der Waals surface area contributed by atoms with Crippen LogP contribution in [0.2, 0.25) is 0 Å². The highest BCUT2D eigenvalue weighted by Gasteiger charge is 2.41. The maximum absolute atomic E-state index is 13.6. The van der Waals surface area contributed by atoms with Crippen molar-refractivity contribution in [3.05, 3.63) is 76.9 Å². The normalized spacial score (nSPS) is 20.6. The van der Waals surface area contributed by atoms with E-state index in [1.54, 1.807) is 24.3 Å². The number of fused-ring (bicyclic) bond motifs is 5. The number of nitrogens with one attached hydrogen (secondary N) is 3. The zero-order valence-electron chi connectivity index (χ0n) is 18.9. The van der Waals surface area contributed by atoms with Crippen molar-refractivity contribution in [2.45, 2.75) is 12.5 Å². The third-order valence-electron chi connectivity index (χ3n) is 6.84. The van der Waals surface area contributed by atoms with Gasteiger partial charge in [0.25, 0.3) is 5.69 Å². The molecule has 1 atom stereocenters. The van der Waals surface area contributed by atoms with Crippen molar-refractivity contribution >= 4 is 28.7 Å². The number of allylic oxidation sites excluding steroid dienone is 2. The molecule has 1 fully saturated rings. The van der Waals surface area contributed by atoms with Crippen LogP contribution in [0.15, 0.2) is 54.6 Å². The van der Waals surface area contributed by atoms with E-state index >= 15 is 0 Å². The van der Waals surface area contributed by atoms with Gasteiger partial charge in [0.1, 0.15) is 5.56 Å². The zero-order valence-corrected chi connectivity index (χ0v) is 18.9. The average Bonchev–Trinajstić information content (AvgIpc) is 2.88. The van der Waals surface area contributed by atoms with Crippen LogP contribution in [0.1, 0.15) is 38.3 Å². The Kier molecular flexibility index (Phi) is 5.36. The summed E-state index contributed by atoms with van der Waals surface area (Å²) in [6, 6.07) is 8.92. The summed E-state index contributed by atoms with van der Waals surface area (Å²) in [5.41, 5.74) is 3.78. The topological polar surface area (TPSA) is 84.6 Å². The fourth-order valence-corrected chi connectivity index (χ4v) is 5.11. The third kappa shape index (κ3) is 3.57. The Bertz CT molecular complexity index is 1270. The van der Waals surface area contributed by atoms with Crippen LogP contribution in [-0.4, -0.2) is 67.6 Å². The van der Waals surface area contributed by atoms with Gasteiger partial charge in [0, 0.05) is 56.0 Å². The number of hydrogen-bond donors (Lipinski definition) is 3. The summed E-state index contributed by atoms with van der Waals surface area (Å²) in [4.78, 5) is 33.1. The summed E-state index contributed by atoms with van der Waals surface area (Å²) < 4.78 is 6.26. The van der Waals surface area contributed by atoms with Crippen LogP contribution in [0.25, 0.3) is 0 Å². The summed E-state index contributed by atoms with van der Waals surface area (Å²) >= 11 is 0. The SMILES string of the molecule is O=C1c2ccccc2C(=O)c2c3c(cc(NCCCN4CCNCC4)c21)OC1C=CC=CC1=[NH+]3. The number of rotatable bonds is 5. The van der Waals surface area contributed by atoms with Crippen molar-refractivity contribution in [1.82, 2.24) is 10.2 Å². The van der Waals surface area contributed by atoms with Crippen molar-refractivity contribution in [2.75, 3.05) is 44.6 Å². The van der Waals surface area contributed by atoms with Gasteiger partial charge in [-0.3, -0.25) is 9.59 Å². The van der Waals surface area contributed by atoms with Crippen LogP contribution >= 0.6 is 0 Å². The first kappa shape index (κ1) is 21.0. The predicted octanol–water partition coefficient (Wildman–Crippen LogP) is 1.21. The standard InChI is InChI=1S/C27H26N4O3/c32-26-17-6-1-2-7-18(17)27(33)24-23(26)20(29-10-5-13-31-14-11-28-12-15-31)16-22-25(24)30-19-8-3-4-9-21(19)34-22/h1-4,6-9,16,21,28-29H,5,10-15H2/p+1. The van der Waals surface area contributed by atoms with Gasteiger partial charge >= 0.3 is 0 Å². The van der Waals surface area contributed by atoms with Gasteiger partial charge in [-0.1, -0.05) is 36.4 Å². The van der Waals surface area contributed by atoms with Crippen molar-refractivity contribution in [3.8, 4) is 5.75 Å². The molecule has 0 radical (unpaired) electrons. The highest BCUT2D eigenvalue weighted by Crippen LogP contribution is 2.41. The van der Waals surface area contributed by atoms with E-state index in [-0.39, 0.29) is 17.7 Å². The van der Waals surface area contributed by atoms with E-state index < -0.39 is 0 Å². The smallest absolute Gasteiger partial charge is 0.258 e. The van der Waals surface area contributed by atoms with Gasteiger partial charge < -0.3 is 20.3 Å². The lowest BCUT2D eigenvalue weighted by Gasteiger charge is -2.27. The Labute approximate surface area is 198 Å². The highest BCUT2D eigenvalue weighted by molar-refractivity contribution is 6.32. The molecule has 0 spiro atoms. The Hall–Kier alpha value is -3.55. The minimum Gasteiger partial charge on any atom is -0.468 e. The number of hydrogen-bond acceptors (Lipinski definition) is 6. The van der Waals surface area contributed by atoms with Gasteiger partial charge in [0.15, 0.2) is 11.5 Å². The van der Waals surface area contributed by atoms with Crippen LogP contribution in [0, 0.1) is 0 Å². The van der Waals surface area contributed by atoms with Crippen LogP contribution in [0.5, 0.6) is 5.75 Å². The molecule has 7 nitrogen and oxygen atoms in total. The lowest BCUT2D eigenvalue weighted by Crippen LogP contribution is -2.72. The van der Waals surface area contributed by atoms with Crippen molar-refractivity contribution in [2.24, 2.45) is 0 Å². The fourth-order valence-electron chi connectivity index (χ4n) is 5.11. The van der Waals surface area contributed by atoms with E-state index in [0.29, 0.717) is 45.9 Å². The molecule has 0 aromatic heterocycles. The zero-order chi connectivity index (χ0) is 23.1. The number of anilines is 1. The number of piperazine rings is 1. The molecular weight excluding hydrogens is 428 g/mol. The van der Waals surface area contributed by atoms with Gasteiger partial charge in [-0.25, -0.2) is 4.99 Å². The number of carbonyl (C=O) groups is 2. The monoisotopic (exact) mass is 455 g/mol. The molecule has 7 heteroatoms. The quantitative estimate of drug-likeness (QED) is 0.502.